The topological polar surface area (TPSA) is 0 Å². The Balaban J connectivity index is 3.82. The first-order chi connectivity index (χ1) is 4.09. The lowest BCUT2D eigenvalue weighted by atomic mass is 9.86. The molecule has 1 radical (unpaired) electrons. The standard InChI is InChI=1S/C9H17/c1-6-9(7(2)3)8(4)5/h6-8H,1H2,2-5H3. The van der Waals surface area contributed by atoms with Gasteiger partial charge in [0.25, 0.3) is 0 Å². The third kappa shape index (κ3) is 2.69. The van der Waals surface area contributed by atoms with Crippen LogP contribution < -0.4 is 0 Å². The molecule has 0 amide bonds. The molecule has 0 atom stereocenters. The number of hydrogen-bond acceptors (Lipinski definition) is 0. The average Bonchev–Trinajstić information content (AvgIpc) is 1.64. The largest absolute Gasteiger partial charge is 0.102 e. The van der Waals surface area contributed by atoms with Gasteiger partial charge in [0.1, 0.15) is 0 Å². The average molecular weight is 125 g/mol. The molecule has 0 aromatic heterocycles. The monoisotopic (exact) mass is 125 g/mol. The van der Waals surface area contributed by atoms with Crippen LogP contribution in [0.3, 0.4) is 0 Å². The zero-order chi connectivity index (χ0) is 7.44. The van der Waals surface area contributed by atoms with E-state index in [1.165, 1.54) is 5.92 Å². The number of rotatable bonds is 3. The van der Waals surface area contributed by atoms with Gasteiger partial charge in [-0.2, -0.15) is 0 Å². The molecule has 0 spiro atoms. The van der Waals surface area contributed by atoms with Crippen molar-refractivity contribution >= 4 is 0 Å². The molecule has 0 N–H and O–H groups in total. The lowest BCUT2D eigenvalue weighted by molar-refractivity contribution is 0.552. The molecule has 53 valence electrons. The van der Waals surface area contributed by atoms with E-state index in [0.717, 1.165) is 0 Å². The van der Waals surface area contributed by atoms with E-state index in [1.54, 1.807) is 0 Å². The Morgan fingerprint density at radius 3 is 1.44 bits per heavy atom. The molecule has 0 fully saturated rings. The molecular weight excluding hydrogens is 108 g/mol. The van der Waals surface area contributed by atoms with Gasteiger partial charge in [0.15, 0.2) is 0 Å². The van der Waals surface area contributed by atoms with Gasteiger partial charge in [-0.25, -0.2) is 0 Å². The van der Waals surface area contributed by atoms with Crippen molar-refractivity contribution in [2.75, 3.05) is 0 Å². The zero-order valence-electron chi connectivity index (χ0n) is 6.94. The van der Waals surface area contributed by atoms with E-state index in [0.29, 0.717) is 11.8 Å². The Bertz CT molecular complexity index is 72.0. The molecule has 0 nitrogen and oxygen atoms in total. The fraction of sp³-hybridized carbons (Fsp3) is 0.667. The van der Waals surface area contributed by atoms with E-state index in [-0.39, 0.29) is 0 Å². The molecule has 0 aromatic rings. The zero-order valence-corrected chi connectivity index (χ0v) is 6.94. The molecule has 9 heavy (non-hydrogen) atoms. The Labute approximate surface area is 59.0 Å². The van der Waals surface area contributed by atoms with E-state index in [9.17, 15) is 0 Å². The predicted molar refractivity (Wildman–Crippen MR) is 43.1 cm³/mol. The van der Waals surface area contributed by atoms with Gasteiger partial charge in [-0.1, -0.05) is 33.8 Å². The van der Waals surface area contributed by atoms with Crippen molar-refractivity contribution in [1.82, 2.24) is 0 Å². The van der Waals surface area contributed by atoms with Crippen LogP contribution in [0.4, 0.5) is 0 Å². The number of allylic oxidation sites excluding steroid dienone is 1. The first-order valence-electron chi connectivity index (χ1n) is 3.58. The molecule has 0 aliphatic rings. The highest BCUT2D eigenvalue weighted by Gasteiger charge is 2.12. The summed E-state index contributed by atoms with van der Waals surface area (Å²) in [5, 5.41) is 0. The fourth-order valence-electron chi connectivity index (χ4n) is 1.14. The summed E-state index contributed by atoms with van der Waals surface area (Å²) in [5.41, 5.74) is 0. The molecule has 0 saturated carbocycles. The van der Waals surface area contributed by atoms with Gasteiger partial charge in [0.2, 0.25) is 0 Å². The summed E-state index contributed by atoms with van der Waals surface area (Å²) in [4.78, 5) is 0. The predicted octanol–water partition coefficient (Wildman–Crippen LogP) is 3.06. The van der Waals surface area contributed by atoms with Crippen molar-refractivity contribution in [3.63, 3.8) is 0 Å². The van der Waals surface area contributed by atoms with Gasteiger partial charge >= 0.3 is 0 Å². The smallest absolute Gasteiger partial charge is 0.00207 e. The van der Waals surface area contributed by atoms with Crippen LogP contribution in [-0.2, 0) is 0 Å². The minimum atomic E-state index is 0.655. The van der Waals surface area contributed by atoms with E-state index in [2.05, 4.69) is 34.3 Å². The van der Waals surface area contributed by atoms with Crippen molar-refractivity contribution in [3.8, 4) is 0 Å². The lowest BCUT2D eigenvalue weighted by Gasteiger charge is -2.19. The molecule has 0 unspecified atom stereocenters. The van der Waals surface area contributed by atoms with E-state index >= 15 is 0 Å². The summed E-state index contributed by atoms with van der Waals surface area (Å²) in [7, 11) is 0. The van der Waals surface area contributed by atoms with Crippen LogP contribution in [0, 0.1) is 17.8 Å². The molecule has 0 heteroatoms. The summed E-state index contributed by atoms with van der Waals surface area (Å²) in [5.74, 6) is 2.76. The molecule has 0 bridgehead atoms. The minimum Gasteiger partial charge on any atom is -0.102 e. The maximum absolute atomic E-state index is 3.77. The van der Waals surface area contributed by atoms with Crippen molar-refractivity contribution in [2.24, 2.45) is 11.8 Å². The van der Waals surface area contributed by atoms with E-state index < -0.39 is 0 Å². The molecule has 0 aliphatic heterocycles. The summed E-state index contributed by atoms with van der Waals surface area (Å²) < 4.78 is 0. The summed E-state index contributed by atoms with van der Waals surface area (Å²) in [6, 6.07) is 0. The van der Waals surface area contributed by atoms with Crippen LogP contribution in [0.25, 0.3) is 0 Å². The Morgan fingerprint density at radius 1 is 1.11 bits per heavy atom. The van der Waals surface area contributed by atoms with Gasteiger partial charge in [-0.3, -0.25) is 0 Å². The Morgan fingerprint density at radius 2 is 1.44 bits per heavy atom. The fourth-order valence-corrected chi connectivity index (χ4v) is 1.14. The SMILES string of the molecule is C=C[C](C(C)C)C(C)C. The minimum absolute atomic E-state index is 0.655. The molecule has 0 heterocycles. The number of hydrogen-bond donors (Lipinski definition) is 0. The van der Waals surface area contributed by atoms with Crippen LogP contribution in [0.1, 0.15) is 27.7 Å². The molecule has 0 aliphatic carbocycles. The lowest BCUT2D eigenvalue weighted by Crippen LogP contribution is -2.09. The normalized spacial score (nSPS) is 11.4. The van der Waals surface area contributed by atoms with Crippen molar-refractivity contribution in [2.45, 2.75) is 27.7 Å². The Hall–Kier alpha value is -0.260. The maximum Gasteiger partial charge on any atom is 0.00207 e. The highest BCUT2D eigenvalue weighted by atomic mass is 14.2. The highest BCUT2D eigenvalue weighted by molar-refractivity contribution is 5.10. The Kier molecular flexibility index (Phi) is 3.60. The van der Waals surface area contributed by atoms with Crippen LogP contribution in [0.2, 0.25) is 0 Å². The van der Waals surface area contributed by atoms with Gasteiger partial charge < -0.3 is 0 Å². The second-order valence-corrected chi connectivity index (χ2v) is 3.01. The summed E-state index contributed by atoms with van der Waals surface area (Å²) >= 11 is 0. The second-order valence-electron chi connectivity index (χ2n) is 3.01. The van der Waals surface area contributed by atoms with Crippen molar-refractivity contribution in [1.29, 1.82) is 0 Å². The quantitative estimate of drug-likeness (QED) is 0.544. The first kappa shape index (κ1) is 8.74. The van der Waals surface area contributed by atoms with Gasteiger partial charge in [0.05, 0.1) is 0 Å². The molecule has 0 saturated heterocycles. The second kappa shape index (κ2) is 3.71. The van der Waals surface area contributed by atoms with Crippen molar-refractivity contribution < 1.29 is 0 Å². The van der Waals surface area contributed by atoms with E-state index in [1.807, 2.05) is 6.08 Å². The van der Waals surface area contributed by atoms with Crippen LogP contribution in [-0.4, -0.2) is 0 Å². The van der Waals surface area contributed by atoms with E-state index in [4.69, 9.17) is 0 Å². The first-order valence-corrected chi connectivity index (χ1v) is 3.58. The molecule has 0 rings (SSSR count). The van der Waals surface area contributed by atoms with Crippen molar-refractivity contribution in [3.05, 3.63) is 18.6 Å². The summed E-state index contributed by atoms with van der Waals surface area (Å²) in [6.07, 6.45) is 1.98. The van der Waals surface area contributed by atoms with Gasteiger partial charge in [0, 0.05) is 5.92 Å². The van der Waals surface area contributed by atoms with Crippen LogP contribution in [0.15, 0.2) is 12.7 Å². The molecular formula is C9H17. The highest BCUT2D eigenvalue weighted by Crippen LogP contribution is 2.22. The third-order valence-electron chi connectivity index (χ3n) is 1.57. The van der Waals surface area contributed by atoms with Crippen LogP contribution in [0.5, 0.6) is 0 Å². The third-order valence-corrected chi connectivity index (χ3v) is 1.57. The van der Waals surface area contributed by atoms with Gasteiger partial charge in [-0.15, -0.1) is 6.58 Å². The summed E-state index contributed by atoms with van der Waals surface area (Å²) in [6.45, 7) is 12.6. The van der Waals surface area contributed by atoms with Crippen LogP contribution >= 0.6 is 0 Å². The van der Waals surface area contributed by atoms with Gasteiger partial charge in [-0.05, 0) is 11.8 Å². The molecule has 0 aromatic carbocycles. The maximum atomic E-state index is 3.77.